The van der Waals surface area contributed by atoms with Gasteiger partial charge in [-0.2, -0.15) is 0 Å². The first kappa shape index (κ1) is 16.0. The maximum Gasteiger partial charge on any atom is 0.253 e. The number of para-hydroxylation sites is 1. The van der Waals surface area contributed by atoms with E-state index in [1.165, 1.54) is 17.4 Å². The Kier molecular flexibility index (Phi) is 4.13. The van der Waals surface area contributed by atoms with Crippen LogP contribution >= 0.6 is 11.3 Å². The number of anilines is 1. The van der Waals surface area contributed by atoms with Crippen LogP contribution in [0.3, 0.4) is 0 Å². The smallest absolute Gasteiger partial charge is 0.253 e. The monoisotopic (exact) mass is 355 g/mol. The Balaban J connectivity index is 1.47. The van der Waals surface area contributed by atoms with E-state index in [1.807, 2.05) is 42.2 Å². The first-order valence-electron chi connectivity index (χ1n) is 8.28. The van der Waals surface area contributed by atoms with Crippen molar-refractivity contribution in [2.45, 2.75) is 6.92 Å². The summed E-state index contributed by atoms with van der Waals surface area (Å²) < 4.78 is 14.7. The van der Waals surface area contributed by atoms with Gasteiger partial charge in [-0.15, -0.1) is 0 Å². The highest BCUT2D eigenvalue weighted by Gasteiger charge is 2.24. The zero-order chi connectivity index (χ0) is 17.4. The normalized spacial score (nSPS) is 15.0. The lowest BCUT2D eigenvalue weighted by molar-refractivity contribution is 0.0746. The zero-order valence-corrected chi connectivity index (χ0v) is 14.7. The lowest BCUT2D eigenvalue weighted by Crippen LogP contribution is -2.48. The molecule has 0 saturated carbocycles. The molecule has 0 unspecified atom stereocenters. The lowest BCUT2D eigenvalue weighted by Gasteiger charge is -2.34. The van der Waals surface area contributed by atoms with Gasteiger partial charge >= 0.3 is 0 Å². The van der Waals surface area contributed by atoms with Crippen molar-refractivity contribution in [1.29, 1.82) is 0 Å². The van der Waals surface area contributed by atoms with Crippen molar-refractivity contribution in [3.8, 4) is 0 Å². The third-order valence-electron chi connectivity index (χ3n) is 4.46. The van der Waals surface area contributed by atoms with Crippen LogP contribution in [0.25, 0.3) is 10.2 Å². The Morgan fingerprint density at radius 2 is 1.88 bits per heavy atom. The molecular weight excluding hydrogens is 337 g/mol. The van der Waals surface area contributed by atoms with Crippen molar-refractivity contribution in [1.82, 2.24) is 9.88 Å². The number of thiazole rings is 1. The SMILES string of the molecule is Cc1cccc(C(=O)N2CCN(c3nc4c(F)cccc4s3)CC2)c1. The van der Waals surface area contributed by atoms with Gasteiger partial charge < -0.3 is 9.80 Å². The van der Waals surface area contributed by atoms with Gasteiger partial charge in [-0.1, -0.05) is 35.1 Å². The molecule has 4 rings (SSSR count). The third-order valence-corrected chi connectivity index (χ3v) is 5.54. The largest absolute Gasteiger partial charge is 0.345 e. The third kappa shape index (κ3) is 3.09. The molecule has 0 radical (unpaired) electrons. The summed E-state index contributed by atoms with van der Waals surface area (Å²) >= 11 is 1.50. The summed E-state index contributed by atoms with van der Waals surface area (Å²) in [5.74, 6) is -0.216. The molecule has 0 aliphatic carbocycles. The molecule has 128 valence electrons. The van der Waals surface area contributed by atoms with Gasteiger partial charge in [0.15, 0.2) is 5.13 Å². The van der Waals surface area contributed by atoms with Gasteiger partial charge in [0.2, 0.25) is 0 Å². The van der Waals surface area contributed by atoms with Crippen molar-refractivity contribution >= 4 is 32.6 Å². The Morgan fingerprint density at radius 3 is 2.60 bits per heavy atom. The van der Waals surface area contributed by atoms with Gasteiger partial charge in [0, 0.05) is 31.7 Å². The van der Waals surface area contributed by atoms with E-state index in [-0.39, 0.29) is 11.7 Å². The number of rotatable bonds is 2. The average Bonchev–Trinajstić information content (AvgIpc) is 3.07. The zero-order valence-electron chi connectivity index (χ0n) is 13.9. The number of hydrogen-bond acceptors (Lipinski definition) is 4. The van der Waals surface area contributed by atoms with E-state index >= 15 is 0 Å². The van der Waals surface area contributed by atoms with E-state index in [9.17, 15) is 9.18 Å². The quantitative estimate of drug-likeness (QED) is 0.703. The number of carbonyl (C=O) groups is 1. The van der Waals surface area contributed by atoms with Gasteiger partial charge in [-0.05, 0) is 31.2 Å². The van der Waals surface area contributed by atoms with Crippen LogP contribution < -0.4 is 4.90 Å². The highest BCUT2D eigenvalue weighted by atomic mass is 32.1. The summed E-state index contributed by atoms with van der Waals surface area (Å²) in [6, 6.07) is 12.7. The summed E-state index contributed by atoms with van der Waals surface area (Å²) in [7, 11) is 0. The standard InChI is InChI=1S/C19H18FN3OS/c1-13-4-2-5-14(12-13)18(24)22-8-10-23(11-9-22)19-21-17-15(20)6-3-7-16(17)25-19/h2-7,12H,8-11H2,1H3. The van der Waals surface area contributed by atoms with Gasteiger partial charge in [0.1, 0.15) is 11.3 Å². The Bertz CT molecular complexity index is 931. The number of halogens is 1. The number of aromatic nitrogens is 1. The molecule has 1 amide bonds. The topological polar surface area (TPSA) is 36.4 Å². The number of amides is 1. The molecule has 1 saturated heterocycles. The molecule has 1 aliphatic rings. The van der Waals surface area contributed by atoms with E-state index in [4.69, 9.17) is 0 Å². The van der Waals surface area contributed by atoms with Crippen LogP contribution in [0.2, 0.25) is 0 Å². The molecule has 0 spiro atoms. The van der Waals surface area contributed by atoms with Crippen molar-refractivity contribution in [2.75, 3.05) is 31.1 Å². The molecule has 2 aromatic carbocycles. The first-order chi connectivity index (χ1) is 12.1. The van der Waals surface area contributed by atoms with Gasteiger partial charge in [-0.3, -0.25) is 4.79 Å². The minimum absolute atomic E-state index is 0.0682. The van der Waals surface area contributed by atoms with E-state index in [1.54, 1.807) is 6.07 Å². The maximum atomic E-state index is 13.8. The lowest BCUT2D eigenvalue weighted by atomic mass is 10.1. The average molecular weight is 355 g/mol. The van der Waals surface area contributed by atoms with Crippen LogP contribution in [-0.4, -0.2) is 42.0 Å². The molecule has 4 nitrogen and oxygen atoms in total. The van der Waals surface area contributed by atoms with Crippen LogP contribution in [0.1, 0.15) is 15.9 Å². The van der Waals surface area contributed by atoms with Crippen LogP contribution in [0.4, 0.5) is 9.52 Å². The summed E-state index contributed by atoms with van der Waals surface area (Å²) in [6.07, 6.45) is 0. The summed E-state index contributed by atoms with van der Waals surface area (Å²) in [6.45, 7) is 4.69. The Morgan fingerprint density at radius 1 is 1.12 bits per heavy atom. The summed E-state index contributed by atoms with van der Waals surface area (Å²) in [4.78, 5) is 21.1. The Labute approximate surface area is 149 Å². The van der Waals surface area contributed by atoms with Gasteiger partial charge in [0.25, 0.3) is 5.91 Å². The number of nitrogens with zero attached hydrogens (tertiary/aromatic N) is 3. The minimum atomic E-state index is -0.284. The molecule has 3 aromatic rings. The van der Waals surface area contributed by atoms with Gasteiger partial charge in [0.05, 0.1) is 4.70 Å². The molecular formula is C19H18FN3OS. The maximum absolute atomic E-state index is 13.8. The van der Waals surface area contributed by atoms with E-state index in [0.717, 1.165) is 21.0 Å². The molecule has 6 heteroatoms. The summed E-state index contributed by atoms with van der Waals surface area (Å²) in [5, 5.41) is 0.822. The van der Waals surface area contributed by atoms with Crippen LogP contribution in [0.5, 0.6) is 0 Å². The van der Waals surface area contributed by atoms with E-state index in [2.05, 4.69) is 9.88 Å². The summed E-state index contributed by atoms with van der Waals surface area (Å²) in [5.41, 5.74) is 2.25. The first-order valence-corrected chi connectivity index (χ1v) is 9.09. The van der Waals surface area contributed by atoms with Crippen LogP contribution in [0.15, 0.2) is 42.5 Å². The highest BCUT2D eigenvalue weighted by molar-refractivity contribution is 7.22. The number of fused-ring (bicyclic) bond motifs is 1. The van der Waals surface area contributed by atoms with E-state index < -0.39 is 0 Å². The van der Waals surface area contributed by atoms with Crippen molar-refractivity contribution in [2.24, 2.45) is 0 Å². The number of aryl methyl sites for hydroxylation is 1. The minimum Gasteiger partial charge on any atom is -0.345 e. The van der Waals surface area contributed by atoms with Crippen LogP contribution in [0, 0.1) is 12.7 Å². The highest BCUT2D eigenvalue weighted by Crippen LogP contribution is 2.30. The van der Waals surface area contributed by atoms with Gasteiger partial charge in [-0.25, -0.2) is 9.37 Å². The molecule has 0 atom stereocenters. The van der Waals surface area contributed by atoms with E-state index in [0.29, 0.717) is 31.7 Å². The number of benzene rings is 2. The molecule has 0 bridgehead atoms. The molecule has 0 N–H and O–H groups in total. The second-order valence-corrected chi connectivity index (χ2v) is 7.24. The number of piperazine rings is 1. The molecule has 2 heterocycles. The predicted molar refractivity (Wildman–Crippen MR) is 98.9 cm³/mol. The second-order valence-electron chi connectivity index (χ2n) is 6.23. The van der Waals surface area contributed by atoms with Crippen molar-refractivity contribution in [3.63, 3.8) is 0 Å². The fourth-order valence-electron chi connectivity index (χ4n) is 3.10. The molecule has 1 fully saturated rings. The number of hydrogen-bond donors (Lipinski definition) is 0. The molecule has 1 aliphatic heterocycles. The van der Waals surface area contributed by atoms with Crippen molar-refractivity contribution in [3.05, 3.63) is 59.4 Å². The van der Waals surface area contributed by atoms with Crippen molar-refractivity contribution < 1.29 is 9.18 Å². The predicted octanol–water partition coefficient (Wildman–Crippen LogP) is 3.71. The fraction of sp³-hybridized carbons (Fsp3) is 0.263. The Hall–Kier alpha value is -2.47. The fourth-order valence-corrected chi connectivity index (χ4v) is 4.13. The number of carbonyl (C=O) groups excluding carboxylic acids is 1. The van der Waals surface area contributed by atoms with Crippen LogP contribution in [-0.2, 0) is 0 Å². The molecule has 1 aromatic heterocycles. The molecule has 25 heavy (non-hydrogen) atoms. The second kappa shape index (κ2) is 6.44.